The fourth-order valence-electron chi connectivity index (χ4n) is 1.80. The Morgan fingerprint density at radius 2 is 2.21 bits per heavy atom. The Bertz CT molecular complexity index is 367. The summed E-state index contributed by atoms with van der Waals surface area (Å²) in [6.45, 7) is 0.201. The molecule has 0 bridgehead atoms. The number of nitrogens with zero attached hydrogens (tertiary/aromatic N) is 1. The lowest BCUT2D eigenvalue weighted by Crippen LogP contribution is -2.37. The van der Waals surface area contributed by atoms with Crippen LogP contribution in [0.5, 0.6) is 0 Å². The fourth-order valence-corrected chi connectivity index (χ4v) is 2.99. The summed E-state index contributed by atoms with van der Waals surface area (Å²) >= 11 is 1.32. The summed E-state index contributed by atoms with van der Waals surface area (Å²) in [4.78, 5) is 35.0. The van der Waals surface area contributed by atoms with E-state index < -0.39 is 11.9 Å². The molecule has 2 radical (unpaired) electrons. The third kappa shape index (κ3) is 4.87. The molecule has 1 rings (SSSR count). The Hall–Kier alpha value is -1.02. The first-order chi connectivity index (χ1) is 8.95. The average Bonchev–Trinajstić information content (AvgIpc) is 2.61. The highest BCUT2D eigenvalue weighted by molar-refractivity contribution is 8.00. The molecule has 2 amide bonds. The van der Waals surface area contributed by atoms with Crippen molar-refractivity contribution >= 4 is 37.1 Å². The molecule has 1 heterocycles. The predicted octanol–water partition coefficient (Wildman–Crippen LogP) is -1.14. The van der Waals surface area contributed by atoms with E-state index in [1.807, 2.05) is 0 Å². The standard InChI is InChI=1S/C11H17BN2O4S/c1-13-9(16)2-4-14-10(17)6-7(11(14)18)19-5-3-8(12)15/h7,10,17H,2-6H2,1H3,(H,13,16). The van der Waals surface area contributed by atoms with E-state index in [0.717, 1.165) is 0 Å². The SMILES string of the molecule is [B]C(=O)CCSC1CC(O)N(CCC(=O)NC)C1=O. The zero-order chi connectivity index (χ0) is 14.4. The maximum absolute atomic E-state index is 12.0. The number of aliphatic hydroxyl groups excluding tert-OH is 1. The van der Waals surface area contributed by atoms with Crippen molar-refractivity contribution in [1.29, 1.82) is 0 Å². The van der Waals surface area contributed by atoms with Crippen LogP contribution in [-0.4, -0.2) is 66.2 Å². The lowest BCUT2D eigenvalue weighted by molar-refractivity contribution is -0.133. The number of aliphatic hydroxyl groups is 1. The molecule has 2 N–H and O–H groups in total. The molecule has 0 aromatic carbocycles. The zero-order valence-electron chi connectivity index (χ0n) is 10.8. The van der Waals surface area contributed by atoms with Crippen LogP contribution in [0, 0.1) is 0 Å². The van der Waals surface area contributed by atoms with E-state index in [1.165, 1.54) is 23.7 Å². The molecule has 0 aromatic rings. The molecule has 104 valence electrons. The molecule has 1 fully saturated rings. The molecule has 19 heavy (non-hydrogen) atoms. The highest BCUT2D eigenvalue weighted by atomic mass is 32.2. The van der Waals surface area contributed by atoms with Crippen molar-refractivity contribution in [3.05, 3.63) is 0 Å². The quantitative estimate of drug-likeness (QED) is 0.577. The molecule has 0 spiro atoms. The molecule has 2 unspecified atom stereocenters. The molecule has 8 heteroatoms. The lowest BCUT2D eigenvalue weighted by Gasteiger charge is -2.19. The van der Waals surface area contributed by atoms with Crippen LogP contribution in [-0.2, 0) is 14.4 Å². The average molecular weight is 284 g/mol. The summed E-state index contributed by atoms with van der Waals surface area (Å²) in [5.74, 6) is 0.0950. The van der Waals surface area contributed by atoms with Gasteiger partial charge < -0.3 is 20.1 Å². The van der Waals surface area contributed by atoms with E-state index in [9.17, 15) is 19.5 Å². The molecule has 2 atom stereocenters. The van der Waals surface area contributed by atoms with Gasteiger partial charge in [-0.3, -0.25) is 9.59 Å². The first-order valence-corrected chi connectivity index (χ1v) is 7.09. The summed E-state index contributed by atoms with van der Waals surface area (Å²) < 4.78 is 0. The smallest absolute Gasteiger partial charge is 0.237 e. The highest BCUT2D eigenvalue weighted by Crippen LogP contribution is 2.28. The van der Waals surface area contributed by atoms with Crippen LogP contribution in [0.15, 0.2) is 0 Å². The molecule has 0 aromatic heterocycles. The second-order valence-electron chi connectivity index (χ2n) is 4.25. The van der Waals surface area contributed by atoms with Crippen LogP contribution in [0.4, 0.5) is 0 Å². The van der Waals surface area contributed by atoms with Gasteiger partial charge in [-0.2, -0.15) is 0 Å². The van der Waals surface area contributed by atoms with Gasteiger partial charge in [-0.1, -0.05) is 0 Å². The maximum atomic E-state index is 12.0. The van der Waals surface area contributed by atoms with Gasteiger partial charge in [-0.25, -0.2) is 0 Å². The number of rotatable bonds is 7. The van der Waals surface area contributed by atoms with Crippen LogP contribution >= 0.6 is 11.8 Å². The molecule has 6 nitrogen and oxygen atoms in total. The van der Waals surface area contributed by atoms with E-state index in [4.69, 9.17) is 7.85 Å². The van der Waals surface area contributed by atoms with Crippen LogP contribution in [0.2, 0.25) is 0 Å². The minimum Gasteiger partial charge on any atom is -0.373 e. The second-order valence-corrected chi connectivity index (χ2v) is 5.56. The number of hydrogen-bond acceptors (Lipinski definition) is 5. The Kier molecular flexibility index (Phi) is 6.37. The Labute approximate surface area is 117 Å². The van der Waals surface area contributed by atoms with Crippen LogP contribution < -0.4 is 5.32 Å². The van der Waals surface area contributed by atoms with Gasteiger partial charge in [0.25, 0.3) is 0 Å². The minimum atomic E-state index is -0.858. The molecular weight excluding hydrogens is 267 g/mol. The Balaban J connectivity index is 2.41. The third-order valence-corrected chi connectivity index (χ3v) is 4.11. The van der Waals surface area contributed by atoms with E-state index in [1.54, 1.807) is 0 Å². The summed E-state index contributed by atoms with van der Waals surface area (Å²) in [6.07, 6.45) is -0.167. The number of thioether (sulfide) groups is 1. The Morgan fingerprint density at radius 1 is 1.53 bits per heavy atom. The first kappa shape index (κ1) is 16.0. The predicted molar refractivity (Wildman–Crippen MR) is 72.6 cm³/mol. The molecular formula is C11H17BN2O4S. The van der Waals surface area contributed by atoms with Gasteiger partial charge in [-0.05, 0) is 0 Å². The van der Waals surface area contributed by atoms with Crippen molar-refractivity contribution in [2.24, 2.45) is 0 Å². The lowest BCUT2D eigenvalue weighted by atomic mass is 10.0. The van der Waals surface area contributed by atoms with Crippen molar-refractivity contribution in [2.75, 3.05) is 19.3 Å². The monoisotopic (exact) mass is 284 g/mol. The normalized spacial score (nSPS) is 22.6. The van der Waals surface area contributed by atoms with E-state index in [0.29, 0.717) is 12.2 Å². The molecule has 1 saturated heterocycles. The van der Waals surface area contributed by atoms with Crippen LogP contribution in [0.3, 0.4) is 0 Å². The molecule has 0 saturated carbocycles. The van der Waals surface area contributed by atoms with E-state index >= 15 is 0 Å². The summed E-state index contributed by atoms with van der Waals surface area (Å²) in [5.41, 5.74) is -0.407. The number of nitrogens with one attached hydrogen (secondary N) is 1. The van der Waals surface area contributed by atoms with Gasteiger partial charge in [0.1, 0.15) is 6.23 Å². The summed E-state index contributed by atoms with van der Waals surface area (Å²) in [7, 11) is 6.54. The van der Waals surface area contributed by atoms with Gasteiger partial charge in [0.15, 0.2) is 7.85 Å². The highest BCUT2D eigenvalue weighted by Gasteiger charge is 2.38. The third-order valence-electron chi connectivity index (χ3n) is 2.87. The number of carbonyl (C=O) groups excluding carboxylic acids is 3. The summed E-state index contributed by atoms with van der Waals surface area (Å²) in [6, 6.07) is 0. The molecule has 1 aliphatic rings. The molecule has 1 aliphatic heterocycles. The summed E-state index contributed by atoms with van der Waals surface area (Å²) in [5, 5.41) is 11.9. The fraction of sp³-hybridized carbons (Fsp3) is 0.727. The van der Waals surface area contributed by atoms with Crippen molar-refractivity contribution in [3.8, 4) is 0 Å². The van der Waals surface area contributed by atoms with Crippen molar-refractivity contribution in [1.82, 2.24) is 10.2 Å². The zero-order valence-corrected chi connectivity index (χ0v) is 11.6. The van der Waals surface area contributed by atoms with Crippen molar-refractivity contribution < 1.29 is 19.5 Å². The number of likely N-dealkylation sites (tertiary alicyclic amines) is 1. The Morgan fingerprint density at radius 3 is 2.79 bits per heavy atom. The largest absolute Gasteiger partial charge is 0.373 e. The van der Waals surface area contributed by atoms with Gasteiger partial charge in [0.05, 0.1) is 10.9 Å². The number of amides is 2. The van der Waals surface area contributed by atoms with Gasteiger partial charge >= 0.3 is 0 Å². The van der Waals surface area contributed by atoms with Crippen molar-refractivity contribution in [2.45, 2.75) is 30.7 Å². The van der Waals surface area contributed by atoms with Gasteiger partial charge in [0.2, 0.25) is 11.8 Å². The number of carbonyl (C=O) groups is 3. The molecule has 0 aliphatic carbocycles. The van der Waals surface area contributed by atoms with Crippen LogP contribution in [0.25, 0.3) is 0 Å². The van der Waals surface area contributed by atoms with E-state index in [2.05, 4.69) is 5.32 Å². The van der Waals surface area contributed by atoms with Gasteiger partial charge in [-0.15, -0.1) is 11.8 Å². The number of hydrogen-bond donors (Lipinski definition) is 2. The van der Waals surface area contributed by atoms with Gasteiger partial charge in [0, 0.05) is 38.6 Å². The maximum Gasteiger partial charge on any atom is 0.237 e. The topological polar surface area (TPSA) is 86.7 Å². The van der Waals surface area contributed by atoms with Crippen LogP contribution in [0.1, 0.15) is 19.3 Å². The second kappa shape index (κ2) is 7.54. The first-order valence-electron chi connectivity index (χ1n) is 6.04. The van der Waals surface area contributed by atoms with E-state index in [-0.39, 0.29) is 36.5 Å². The van der Waals surface area contributed by atoms with Crippen molar-refractivity contribution in [3.63, 3.8) is 0 Å². The minimum absolute atomic E-state index is 0.165.